The number of hydrogen-bond donors (Lipinski definition) is 1. The summed E-state index contributed by atoms with van der Waals surface area (Å²) in [5, 5.41) is 3.38. The first-order valence-electron chi connectivity index (χ1n) is 7.06. The van der Waals surface area contributed by atoms with E-state index in [0.717, 1.165) is 6.61 Å². The molecule has 0 heterocycles. The van der Waals surface area contributed by atoms with E-state index in [1.807, 2.05) is 7.05 Å². The van der Waals surface area contributed by atoms with Gasteiger partial charge in [-0.15, -0.1) is 0 Å². The van der Waals surface area contributed by atoms with Gasteiger partial charge in [0.15, 0.2) is 0 Å². The molecule has 0 aliphatic heterocycles. The van der Waals surface area contributed by atoms with Crippen LogP contribution in [0.5, 0.6) is 0 Å². The molecule has 2 nitrogen and oxygen atoms in total. The SMILES string of the molecule is CCC(C)C(COC1CCCCCC1)NC. The predicted molar refractivity (Wildman–Crippen MR) is 69.7 cm³/mol. The van der Waals surface area contributed by atoms with Crippen molar-refractivity contribution in [1.82, 2.24) is 5.32 Å². The number of hydrogen-bond acceptors (Lipinski definition) is 2. The Bertz CT molecular complexity index is 164. The second kappa shape index (κ2) is 8.08. The summed E-state index contributed by atoms with van der Waals surface area (Å²) in [4.78, 5) is 0. The maximum Gasteiger partial charge on any atom is 0.0625 e. The van der Waals surface area contributed by atoms with Crippen LogP contribution >= 0.6 is 0 Å². The lowest BCUT2D eigenvalue weighted by Crippen LogP contribution is -2.37. The molecule has 2 atom stereocenters. The fourth-order valence-corrected chi connectivity index (χ4v) is 2.46. The highest BCUT2D eigenvalue weighted by Gasteiger charge is 2.17. The number of nitrogens with one attached hydrogen (secondary N) is 1. The number of likely N-dealkylation sites (N-methyl/N-ethyl adjacent to an activating group) is 1. The van der Waals surface area contributed by atoms with Gasteiger partial charge in [0.25, 0.3) is 0 Å². The third kappa shape index (κ3) is 4.84. The molecule has 0 aromatic rings. The highest BCUT2D eigenvalue weighted by molar-refractivity contribution is 4.72. The number of rotatable bonds is 6. The summed E-state index contributed by atoms with van der Waals surface area (Å²) >= 11 is 0. The molecule has 0 amide bonds. The van der Waals surface area contributed by atoms with Crippen LogP contribution in [-0.4, -0.2) is 25.8 Å². The monoisotopic (exact) mass is 227 g/mol. The van der Waals surface area contributed by atoms with Crippen molar-refractivity contribution in [2.24, 2.45) is 5.92 Å². The van der Waals surface area contributed by atoms with Crippen LogP contribution in [0.15, 0.2) is 0 Å². The normalized spacial score (nSPS) is 22.7. The van der Waals surface area contributed by atoms with Crippen LogP contribution in [0.1, 0.15) is 58.8 Å². The lowest BCUT2D eigenvalue weighted by Gasteiger charge is -2.25. The summed E-state index contributed by atoms with van der Waals surface area (Å²) in [7, 11) is 2.05. The van der Waals surface area contributed by atoms with Crippen molar-refractivity contribution in [1.29, 1.82) is 0 Å². The topological polar surface area (TPSA) is 21.3 Å². The van der Waals surface area contributed by atoms with Crippen molar-refractivity contribution >= 4 is 0 Å². The van der Waals surface area contributed by atoms with E-state index in [1.54, 1.807) is 0 Å². The zero-order valence-corrected chi connectivity index (χ0v) is 11.3. The summed E-state index contributed by atoms with van der Waals surface area (Å²) < 4.78 is 6.08. The van der Waals surface area contributed by atoms with E-state index in [1.165, 1.54) is 44.9 Å². The van der Waals surface area contributed by atoms with E-state index in [4.69, 9.17) is 4.74 Å². The van der Waals surface area contributed by atoms with Crippen LogP contribution in [-0.2, 0) is 4.74 Å². The predicted octanol–water partition coefficient (Wildman–Crippen LogP) is 3.36. The Labute approximate surface area is 101 Å². The fraction of sp³-hybridized carbons (Fsp3) is 1.00. The minimum atomic E-state index is 0.522. The van der Waals surface area contributed by atoms with Crippen molar-refractivity contribution in [2.75, 3.05) is 13.7 Å². The first kappa shape index (κ1) is 14.0. The van der Waals surface area contributed by atoms with Gasteiger partial charge in [-0.25, -0.2) is 0 Å². The van der Waals surface area contributed by atoms with Gasteiger partial charge < -0.3 is 10.1 Å². The molecular weight excluding hydrogens is 198 g/mol. The summed E-state index contributed by atoms with van der Waals surface area (Å²) in [5.41, 5.74) is 0. The molecular formula is C14H29NO. The Kier molecular flexibility index (Phi) is 7.06. The van der Waals surface area contributed by atoms with Gasteiger partial charge in [-0.05, 0) is 25.8 Å². The van der Waals surface area contributed by atoms with E-state index in [9.17, 15) is 0 Å². The maximum absolute atomic E-state index is 6.08. The molecule has 0 spiro atoms. The van der Waals surface area contributed by atoms with Gasteiger partial charge in [0.05, 0.1) is 12.7 Å². The Morgan fingerprint density at radius 2 is 1.81 bits per heavy atom. The van der Waals surface area contributed by atoms with Crippen molar-refractivity contribution in [2.45, 2.75) is 70.9 Å². The average Bonchev–Trinajstić information content (AvgIpc) is 2.58. The minimum absolute atomic E-state index is 0.522. The highest BCUT2D eigenvalue weighted by Crippen LogP contribution is 2.20. The third-order valence-electron chi connectivity index (χ3n) is 4.02. The van der Waals surface area contributed by atoms with Crippen molar-refractivity contribution < 1.29 is 4.74 Å². The minimum Gasteiger partial charge on any atom is -0.377 e. The molecule has 1 rings (SSSR count). The number of ether oxygens (including phenoxy) is 1. The molecule has 0 bridgehead atoms. The van der Waals surface area contributed by atoms with E-state index in [-0.39, 0.29) is 0 Å². The lowest BCUT2D eigenvalue weighted by atomic mass is 10.00. The van der Waals surface area contributed by atoms with Crippen molar-refractivity contribution in [3.05, 3.63) is 0 Å². The van der Waals surface area contributed by atoms with E-state index < -0.39 is 0 Å². The van der Waals surface area contributed by atoms with Gasteiger partial charge in [0.2, 0.25) is 0 Å². The largest absolute Gasteiger partial charge is 0.377 e. The van der Waals surface area contributed by atoms with Crippen LogP contribution in [0, 0.1) is 5.92 Å². The summed E-state index contributed by atoms with van der Waals surface area (Å²) in [6.45, 7) is 5.44. The van der Waals surface area contributed by atoms with Gasteiger partial charge in [0, 0.05) is 6.04 Å². The molecule has 2 unspecified atom stereocenters. The van der Waals surface area contributed by atoms with Gasteiger partial charge in [-0.3, -0.25) is 0 Å². The summed E-state index contributed by atoms with van der Waals surface area (Å²) in [6.07, 6.45) is 9.83. The molecule has 0 aromatic heterocycles. The third-order valence-corrected chi connectivity index (χ3v) is 4.02. The lowest BCUT2D eigenvalue weighted by molar-refractivity contribution is 0.0214. The van der Waals surface area contributed by atoms with Crippen molar-refractivity contribution in [3.8, 4) is 0 Å². The molecule has 96 valence electrons. The van der Waals surface area contributed by atoms with E-state index in [0.29, 0.717) is 18.1 Å². The fourth-order valence-electron chi connectivity index (χ4n) is 2.46. The van der Waals surface area contributed by atoms with Crippen LogP contribution in [0.25, 0.3) is 0 Å². The van der Waals surface area contributed by atoms with Crippen LogP contribution in [0.2, 0.25) is 0 Å². The molecule has 1 fully saturated rings. The second-order valence-corrected chi connectivity index (χ2v) is 5.23. The summed E-state index contributed by atoms with van der Waals surface area (Å²) in [6, 6.07) is 0.522. The van der Waals surface area contributed by atoms with Crippen molar-refractivity contribution in [3.63, 3.8) is 0 Å². The Balaban J connectivity index is 2.24. The van der Waals surface area contributed by atoms with Crippen LogP contribution < -0.4 is 5.32 Å². The van der Waals surface area contributed by atoms with Crippen LogP contribution in [0.3, 0.4) is 0 Å². The standard InChI is InChI=1S/C14H29NO/c1-4-12(2)14(15-3)11-16-13-9-7-5-6-8-10-13/h12-15H,4-11H2,1-3H3. The molecule has 2 heteroatoms. The Hall–Kier alpha value is -0.0800. The van der Waals surface area contributed by atoms with Gasteiger partial charge >= 0.3 is 0 Å². The second-order valence-electron chi connectivity index (χ2n) is 5.23. The van der Waals surface area contributed by atoms with Gasteiger partial charge in [-0.1, -0.05) is 46.0 Å². The maximum atomic E-state index is 6.08. The molecule has 0 radical (unpaired) electrons. The molecule has 0 saturated heterocycles. The molecule has 1 N–H and O–H groups in total. The first-order valence-corrected chi connectivity index (χ1v) is 7.06. The van der Waals surface area contributed by atoms with E-state index in [2.05, 4.69) is 19.2 Å². The zero-order chi connectivity index (χ0) is 11.8. The molecule has 1 aliphatic rings. The molecule has 1 aliphatic carbocycles. The molecule has 16 heavy (non-hydrogen) atoms. The summed E-state index contributed by atoms with van der Waals surface area (Å²) in [5.74, 6) is 0.704. The first-order chi connectivity index (χ1) is 7.77. The zero-order valence-electron chi connectivity index (χ0n) is 11.3. The van der Waals surface area contributed by atoms with Gasteiger partial charge in [0.1, 0.15) is 0 Å². The molecule has 0 aromatic carbocycles. The van der Waals surface area contributed by atoms with E-state index >= 15 is 0 Å². The molecule has 1 saturated carbocycles. The van der Waals surface area contributed by atoms with Crippen LogP contribution in [0.4, 0.5) is 0 Å². The highest BCUT2D eigenvalue weighted by atomic mass is 16.5. The quantitative estimate of drug-likeness (QED) is 0.703. The Morgan fingerprint density at radius 1 is 1.19 bits per heavy atom. The average molecular weight is 227 g/mol. The Morgan fingerprint density at radius 3 is 2.31 bits per heavy atom. The van der Waals surface area contributed by atoms with Gasteiger partial charge in [-0.2, -0.15) is 0 Å². The smallest absolute Gasteiger partial charge is 0.0625 e.